The van der Waals surface area contributed by atoms with Crippen LogP contribution in [0, 0.1) is 0 Å². The monoisotopic (exact) mass is 253 g/mol. The normalized spacial score (nSPS) is 12.7. The van der Waals surface area contributed by atoms with Crippen LogP contribution in [0.1, 0.15) is 24.4 Å². The van der Waals surface area contributed by atoms with Gasteiger partial charge in [-0.1, -0.05) is 18.2 Å². The van der Waals surface area contributed by atoms with Crippen LogP contribution in [-0.4, -0.2) is 19.6 Å². The summed E-state index contributed by atoms with van der Waals surface area (Å²) >= 11 is 0. The average Bonchev–Trinajstić information content (AvgIpc) is 2.94. The molecular weight excluding hydrogens is 238 g/mol. The summed E-state index contributed by atoms with van der Waals surface area (Å²) < 4.78 is 1.94. The fourth-order valence-corrected chi connectivity index (χ4v) is 2.34. The molecule has 1 unspecified atom stereocenters. The molecule has 0 aliphatic carbocycles. The summed E-state index contributed by atoms with van der Waals surface area (Å²) in [5.74, 6) is 0.666. The quantitative estimate of drug-likeness (QED) is 0.780. The molecule has 0 bridgehead atoms. The van der Waals surface area contributed by atoms with Gasteiger partial charge in [-0.3, -0.25) is 4.98 Å². The number of hydrogen-bond acceptors (Lipinski definition) is 3. The van der Waals surface area contributed by atoms with Gasteiger partial charge in [0.25, 0.3) is 0 Å². The van der Waals surface area contributed by atoms with E-state index in [9.17, 15) is 5.11 Å². The van der Waals surface area contributed by atoms with Crippen molar-refractivity contribution < 1.29 is 5.11 Å². The van der Waals surface area contributed by atoms with E-state index in [4.69, 9.17) is 0 Å². The first-order chi connectivity index (χ1) is 9.31. The van der Waals surface area contributed by atoms with Crippen LogP contribution in [0.5, 0.6) is 0 Å². The van der Waals surface area contributed by atoms with Crippen molar-refractivity contribution in [3.05, 3.63) is 60.3 Å². The molecule has 0 fully saturated rings. The number of rotatable bonds is 3. The molecule has 0 spiro atoms. The Morgan fingerprint density at radius 2 is 2.05 bits per heavy atom. The zero-order valence-corrected chi connectivity index (χ0v) is 10.7. The van der Waals surface area contributed by atoms with Crippen LogP contribution in [0.25, 0.3) is 10.9 Å². The number of benzene rings is 1. The third-order valence-electron chi connectivity index (χ3n) is 3.31. The zero-order chi connectivity index (χ0) is 13.2. The lowest BCUT2D eigenvalue weighted by Crippen LogP contribution is -2.09. The molecule has 96 valence electrons. The summed E-state index contributed by atoms with van der Waals surface area (Å²) in [5.41, 5.74) is 1.72. The van der Waals surface area contributed by atoms with Crippen molar-refractivity contribution in [3.8, 4) is 0 Å². The van der Waals surface area contributed by atoms with Gasteiger partial charge in [-0.05, 0) is 24.6 Å². The van der Waals surface area contributed by atoms with Crippen LogP contribution in [0.2, 0.25) is 0 Å². The highest BCUT2D eigenvalue weighted by Gasteiger charge is 2.17. The van der Waals surface area contributed by atoms with E-state index in [0.29, 0.717) is 5.82 Å². The molecule has 4 nitrogen and oxygen atoms in total. The third kappa shape index (κ3) is 2.00. The number of hydrogen-bond donors (Lipinski definition) is 1. The van der Waals surface area contributed by atoms with Gasteiger partial charge in [0.1, 0.15) is 11.9 Å². The van der Waals surface area contributed by atoms with E-state index in [1.807, 2.05) is 48.0 Å². The molecular formula is C15H15N3O. The number of fused-ring (bicyclic) bond motifs is 1. The highest BCUT2D eigenvalue weighted by Crippen LogP contribution is 2.27. The Bertz CT molecular complexity index is 700. The van der Waals surface area contributed by atoms with Crippen molar-refractivity contribution >= 4 is 10.9 Å². The Balaban J connectivity index is 2.14. The van der Waals surface area contributed by atoms with E-state index >= 15 is 0 Å². The molecule has 1 aromatic carbocycles. The van der Waals surface area contributed by atoms with Crippen molar-refractivity contribution in [2.45, 2.75) is 19.6 Å². The highest BCUT2D eigenvalue weighted by atomic mass is 16.3. The van der Waals surface area contributed by atoms with Crippen LogP contribution in [-0.2, 0) is 6.54 Å². The van der Waals surface area contributed by atoms with E-state index in [0.717, 1.165) is 23.0 Å². The summed E-state index contributed by atoms with van der Waals surface area (Å²) in [6, 6.07) is 9.62. The van der Waals surface area contributed by atoms with Crippen LogP contribution in [0.4, 0.5) is 0 Å². The van der Waals surface area contributed by atoms with Crippen molar-refractivity contribution in [1.29, 1.82) is 0 Å². The van der Waals surface area contributed by atoms with Crippen LogP contribution in [0.15, 0.2) is 48.9 Å². The zero-order valence-electron chi connectivity index (χ0n) is 10.7. The molecule has 4 heteroatoms. The molecule has 0 amide bonds. The summed E-state index contributed by atoms with van der Waals surface area (Å²) in [4.78, 5) is 8.57. The summed E-state index contributed by atoms with van der Waals surface area (Å²) in [5, 5.41) is 11.5. The Morgan fingerprint density at radius 1 is 1.16 bits per heavy atom. The largest absolute Gasteiger partial charge is 0.380 e. The predicted octanol–water partition coefficient (Wildman–Crippen LogP) is 2.53. The summed E-state index contributed by atoms with van der Waals surface area (Å²) in [7, 11) is 0. The van der Waals surface area contributed by atoms with E-state index in [1.165, 1.54) is 0 Å². The maximum absolute atomic E-state index is 10.6. The number of aromatic nitrogens is 3. The van der Waals surface area contributed by atoms with Gasteiger partial charge in [-0.25, -0.2) is 4.98 Å². The fourth-order valence-electron chi connectivity index (χ4n) is 2.34. The number of aliphatic hydroxyl groups is 1. The van der Waals surface area contributed by atoms with Gasteiger partial charge < -0.3 is 9.67 Å². The second kappa shape index (κ2) is 4.82. The van der Waals surface area contributed by atoms with Gasteiger partial charge in [0.2, 0.25) is 0 Å². The Labute approximate surface area is 111 Å². The van der Waals surface area contributed by atoms with Crippen LogP contribution >= 0.6 is 0 Å². The number of pyridine rings is 1. The average molecular weight is 253 g/mol. The lowest BCUT2D eigenvalue weighted by atomic mass is 10.0. The molecule has 1 atom stereocenters. The molecule has 0 aliphatic heterocycles. The van der Waals surface area contributed by atoms with Gasteiger partial charge in [-0.15, -0.1) is 0 Å². The van der Waals surface area contributed by atoms with Gasteiger partial charge in [0.05, 0.1) is 5.52 Å². The van der Waals surface area contributed by atoms with Crippen molar-refractivity contribution in [3.63, 3.8) is 0 Å². The number of aliphatic hydroxyl groups excluding tert-OH is 1. The minimum atomic E-state index is -0.733. The lowest BCUT2D eigenvalue weighted by molar-refractivity contribution is 0.206. The minimum absolute atomic E-state index is 0.666. The van der Waals surface area contributed by atoms with Crippen molar-refractivity contribution in [1.82, 2.24) is 14.5 Å². The van der Waals surface area contributed by atoms with Gasteiger partial charge in [0.15, 0.2) is 0 Å². The van der Waals surface area contributed by atoms with Gasteiger partial charge in [-0.2, -0.15) is 0 Å². The Morgan fingerprint density at radius 3 is 2.89 bits per heavy atom. The van der Waals surface area contributed by atoms with Gasteiger partial charge >= 0.3 is 0 Å². The Kier molecular flexibility index (Phi) is 3.01. The molecule has 1 N–H and O–H groups in total. The first-order valence-electron chi connectivity index (χ1n) is 6.34. The number of aryl methyl sites for hydroxylation is 1. The van der Waals surface area contributed by atoms with Gasteiger partial charge in [0, 0.05) is 30.5 Å². The third-order valence-corrected chi connectivity index (χ3v) is 3.31. The molecule has 0 radical (unpaired) electrons. The van der Waals surface area contributed by atoms with E-state index in [2.05, 4.69) is 9.97 Å². The summed E-state index contributed by atoms with van der Waals surface area (Å²) in [6.45, 7) is 2.82. The second-order valence-electron chi connectivity index (χ2n) is 4.39. The number of imidazole rings is 1. The maximum atomic E-state index is 10.6. The fraction of sp³-hybridized carbons (Fsp3) is 0.200. The minimum Gasteiger partial charge on any atom is -0.380 e. The predicted molar refractivity (Wildman–Crippen MR) is 73.7 cm³/mol. The molecule has 0 aliphatic rings. The van der Waals surface area contributed by atoms with E-state index < -0.39 is 6.10 Å². The van der Waals surface area contributed by atoms with Crippen molar-refractivity contribution in [2.24, 2.45) is 0 Å². The molecule has 2 aromatic heterocycles. The first kappa shape index (κ1) is 11.9. The molecule has 0 saturated heterocycles. The summed E-state index contributed by atoms with van der Waals surface area (Å²) in [6.07, 6.45) is 4.61. The molecule has 3 aromatic rings. The number of nitrogens with zero attached hydrogens (tertiary/aromatic N) is 3. The first-order valence-corrected chi connectivity index (χ1v) is 6.34. The standard InChI is InChI=1S/C15H15N3O/c1-2-18-10-9-17-15(18)14(19)12-5-3-7-13-11(12)6-4-8-16-13/h3-10,14,19H,2H2,1H3. The molecule has 3 rings (SSSR count). The second-order valence-corrected chi connectivity index (χ2v) is 4.39. The van der Waals surface area contributed by atoms with Crippen molar-refractivity contribution in [2.75, 3.05) is 0 Å². The molecule has 0 saturated carbocycles. The smallest absolute Gasteiger partial charge is 0.142 e. The maximum Gasteiger partial charge on any atom is 0.142 e. The highest BCUT2D eigenvalue weighted by molar-refractivity contribution is 5.82. The molecule has 2 heterocycles. The lowest BCUT2D eigenvalue weighted by Gasteiger charge is -2.14. The molecule has 19 heavy (non-hydrogen) atoms. The SMILES string of the molecule is CCn1ccnc1C(O)c1cccc2ncccc12. The van der Waals surface area contributed by atoms with E-state index in [-0.39, 0.29) is 0 Å². The van der Waals surface area contributed by atoms with Crippen LogP contribution < -0.4 is 0 Å². The van der Waals surface area contributed by atoms with Crippen LogP contribution in [0.3, 0.4) is 0 Å². The Hall–Kier alpha value is -2.20. The van der Waals surface area contributed by atoms with E-state index in [1.54, 1.807) is 12.4 Å². The topological polar surface area (TPSA) is 50.9 Å².